The molecular formula is C20H22Cl2N4O2. The summed E-state index contributed by atoms with van der Waals surface area (Å²) in [5.74, 6) is 0.0685. The molecule has 8 heteroatoms. The number of nitrogens with one attached hydrogen (secondary N) is 2. The number of nitrogens with zero attached hydrogens (tertiary/aromatic N) is 2. The maximum Gasteiger partial charge on any atom is 0.238 e. The lowest BCUT2D eigenvalue weighted by Gasteiger charge is -2.31. The van der Waals surface area contributed by atoms with Crippen molar-refractivity contribution in [2.75, 3.05) is 30.3 Å². The number of benzene rings is 1. The highest BCUT2D eigenvalue weighted by atomic mass is 35.5. The number of hydrogen-bond donors (Lipinski definition) is 2. The van der Waals surface area contributed by atoms with Gasteiger partial charge in [0.1, 0.15) is 5.82 Å². The van der Waals surface area contributed by atoms with Gasteiger partial charge < -0.3 is 10.6 Å². The molecule has 1 unspecified atom stereocenters. The quantitative estimate of drug-likeness (QED) is 0.766. The Balaban J connectivity index is 1.52. The van der Waals surface area contributed by atoms with Gasteiger partial charge in [0, 0.05) is 23.5 Å². The molecule has 28 heavy (non-hydrogen) atoms. The van der Waals surface area contributed by atoms with Crippen LogP contribution in [0.1, 0.15) is 18.4 Å². The van der Waals surface area contributed by atoms with Gasteiger partial charge in [0.2, 0.25) is 11.8 Å². The first-order valence-corrected chi connectivity index (χ1v) is 9.87. The molecule has 2 N–H and O–H groups in total. The number of rotatable bonds is 5. The Morgan fingerprint density at radius 1 is 1.21 bits per heavy atom. The van der Waals surface area contributed by atoms with Crippen LogP contribution >= 0.6 is 23.2 Å². The first-order valence-electron chi connectivity index (χ1n) is 9.11. The van der Waals surface area contributed by atoms with Crippen molar-refractivity contribution in [1.29, 1.82) is 0 Å². The van der Waals surface area contributed by atoms with E-state index in [1.165, 1.54) is 6.20 Å². The molecule has 1 saturated heterocycles. The number of aromatic nitrogens is 1. The number of amides is 2. The van der Waals surface area contributed by atoms with Crippen LogP contribution in [0.4, 0.5) is 11.5 Å². The molecule has 1 fully saturated rings. The summed E-state index contributed by atoms with van der Waals surface area (Å²) in [7, 11) is 0. The van der Waals surface area contributed by atoms with E-state index in [0.717, 1.165) is 24.9 Å². The number of likely N-dealkylation sites (tertiary alicyclic amines) is 1. The van der Waals surface area contributed by atoms with Crippen molar-refractivity contribution in [1.82, 2.24) is 9.88 Å². The molecule has 0 spiro atoms. The lowest BCUT2D eigenvalue weighted by atomic mass is 9.97. The normalized spacial score (nSPS) is 17.2. The molecule has 0 aliphatic carbocycles. The highest BCUT2D eigenvalue weighted by molar-refractivity contribution is 6.31. The molecule has 1 aliphatic rings. The van der Waals surface area contributed by atoms with Crippen LogP contribution in [0.3, 0.4) is 0 Å². The average molecular weight is 421 g/mol. The fraction of sp³-hybridized carbons (Fsp3) is 0.350. The van der Waals surface area contributed by atoms with Gasteiger partial charge >= 0.3 is 0 Å². The van der Waals surface area contributed by atoms with Crippen LogP contribution in [-0.2, 0) is 9.59 Å². The summed E-state index contributed by atoms with van der Waals surface area (Å²) >= 11 is 11.9. The summed E-state index contributed by atoms with van der Waals surface area (Å²) in [5.41, 5.74) is 1.63. The van der Waals surface area contributed by atoms with E-state index in [9.17, 15) is 9.59 Å². The first kappa shape index (κ1) is 20.6. The molecule has 1 aromatic carbocycles. The largest absolute Gasteiger partial charge is 0.325 e. The Hall–Kier alpha value is -2.15. The number of aryl methyl sites for hydroxylation is 1. The Morgan fingerprint density at radius 2 is 2.04 bits per heavy atom. The second-order valence-corrected chi connectivity index (χ2v) is 7.78. The highest BCUT2D eigenvalue weighted by Crippen LogP contribution is 2.21. The van der Waals surface area contributed by atoms with Crippen molar-refractivity contribution >= 4 is 46.5 Å². The fourth-order valence-electron chi connectivity index (χ4n) is 3.17. The van der Waals surface area contributed by atoms with E-state index >= 15 is 0 Å². The molecule has 1 aliphatic heterocycles. The number of halogens is 2. The summed E-state index contributed by atoms with van der Waals surface area (Å²) in [6.07, 6.45) is 3.13. The molecule has 0 saturated carbocycles. The maximum absolute atomic E-state index is 12.5. The summed E-state index contributed by atoms with van der Waals surface area (Å²) < 4.78 is 0. The third-order valence-corrected chi connectivity index (χ3v) is 5.31. The first-order chi connectivity index (χ1) is 13.4. The summed E-state index contributed by atoms with van der Waals surface area (Å²) in [6, 6.07) is 8.77. The van der Waals surface area contributed by atoms with E-state index in [1.54, 1.807) is 18.2 Å². The van der Waals surface area contributed by atoms with E-state index in [2.05, 4.69) is 15.6 Å². The van der Waals surface area contributed by atoms with Crippen LogP contribution in [0, 0.1) is 12.8 Å². The predicted molar refractivity (Wildman–Crippen MR) is 112 cm³/mol. The topological polar surface area (TPSA) is 74.3 Å². The SMILES string of the molecule is Cc1ccc(NC(=O)CN2CCCC(C(=O)Nc3ccc(Cl)cn3)C2)cc1Cl. The van der Waals surface area contributed by atoms with Gasteiger partial charge in [-0.2, -0.15) is 0 Å². The fourth-order valence-corrected chi connectivity index (χ4v) is 3.46. The number of carbonyl (C=O) groups excluding carboxylic acids is 2. The van der Waals surface area contributed by atoms with E-state index in [-0.39, 0.29) is 24.3 Å². The van der Waals surface area contributed by atoms with Crippen LogP contribution in [0.15, 0.2) is 36.5 Å². The Bertz CT molecular complexity index is 858. The van der Waals surface area contributed by atoms with Crippen molar-refractivity contribution in [3.63, 3.8) is 0 Å². The van der Waals surface area contributed by atoms with Crippen molar-refractivity contribution in [2.24, 2.45) is 5.92 Å². The Kier molecular flexibility index (Phi) is 6.88. The standard InChI is InChI=1S/C20H22Cl2N4O2/c1-13-4-6-16(9-17(13)22)24-19(27)12-26-8-2-3-14(11-26)20(28)25-18-7-5-15(21)10-23-18/h4-7,9-10,14H,2-3,8,11-12H2,1H3,(H,24,27)(H,23,25,28). The van der Waals surface area contributed by atoms with Gasteiger partial charge in [-0.25, -0.2) is 4.98 Å². The number of anilines is 2. The lowest BCUT2D eigenvalue weighted by Crippen LogP contribution is -2.44. The predicted octanol–water partition coefficient (Wildman–Crippen LogP) is 3.99. The summed E-state index contributed by atoms with van der Waals surface area (Å²) in [5, 5.41) is 6.80. The van der Waals surface area contributed by atoms with E-state index in [4.69, 9.17) is 23.2 Å². The van der Waals surface area contributed by atoms with Crippen LogP contribution in [-0.4, -0.2) is 41.3 Å². The molecule has 2 aromatic rings. The molecular weight excluding hydrogens is 399 g/mol. The molecule has 3 rings (SSSR count). The van der Waals surface area contributed by atoms with Crippen molar-refractivity contribution in [3.8, 4) is 0 Å². The molecule has 2 amide bonds. The molecule has 2 heterocycles. The van der Waals surface area contributed by atoms with Crippen molar-refractivity contribution in [3.05, 3.63) is 52.1 Å². The van der Waals surface area contributed by atoms with Gasteiger partial charge in [-0.15, -0.1) is 0 Å². The lowest BCUT2D eigenvalue weighted by molar-refractivity contribution is -0.123. The molecule has 1 atom stereocenters. The van der Waals surface area contributed by atoms with Crippen LogP contribution < -0.4 is 10.6 Å². The number of hydrogen-bond acceptors (Lipinski definition) is 4. The third kappa shape index (κ3) is 5.67. The zero-order chi connectivity index (χ0) is 20.1. The third-order valence-electron chi connectivity index (χ3n) is 4.68. The second-order valence-electron chi connectivity index (χ2n) is 6.94. The Morgan fingerprint density at radius 3 is 2.75 bits per heavy atom. The van der Waals surface area contributed by atoms with Gasteiger partial charge in [-0.1, -0.05) is 29.3 Å². The smallest absolute Gasteiger partial charge is 0.238 e. The highest BCUT2D eigenvalue weighted by Gasteiger charge is 2.27. The Labute approximate surface area is 174 Å². The molecule has 0 radical (unpaired) electrons. The van der Waals surface area contributed by atoms with Crippen LogP contribution in [0.5, 0.6) is 0 Å². The summed E-state index contributed by atoms with van der Waals surface area (Å²) in [4.78, 5) is 31.0. The van der Waals surface area contributed by atoms with Gasteiger partial charge in [0.15, 0.2) is 0 Å². The minimum atomic E-state index is -0.187. The van der Waals surface area contributed by atoms with Crippen LogP contribution in [0.2, 0.25) is 10.0 Å². The average Bonchev–Trinajstić information content (AvgIpc) is 2.66. The monoisotopic (exact) mass is 420 g/mol. The zero-order valence-electron chi connectivity index (χ0n) is 15.5. The minimum Gasteiger partial charge on any atom is -0.325 e. The van der Waals surface area contributed by atoms with Crippen molar-refractivity contribution in [2.45, 2.75) is 19.8 Å². The molecule has 1 aromatic heterocycles. The maximum atomic E-state index is 12.5. The minimum absolute atomic E-state index is 0.0924. The van der Waals surface area contributed by atoms with Gasteiger partial charge in [-0.3, -0.25) is 14.5 Å². The van der Waals surface area contributed by atoms with Gasteiger partial charge in [-0.05, 0) is 56.1 Å². The van der Waals surface area contributed by atoms with Crippen LogP contribution in [0.25, 0.3) is 0 Å². The number of carbonyl (C=O) groups is 2. The summed E-state index contributed by atoms with van der Waals surface area (Å²) in [6.45, 7) is 3.45. The second kappa shape index (κ2) is 9.37. The molecule has 0 bridgehead atoms. The van der Waals surface area contributed by atoms with Gasteiger partial charge in [0.05, 0.1) is 17.5 Å². The molecule has 6 nitrogen and oxygen atoms in total. The zero-order valence-corrected chi connectivity index (χ0v) is 17.1. The van der Waals surface area contributed by atoms with E-state index in [0.29, 0.717) is 28.1 Å². The van der Waals surface area contributed by atoms with Gasteiger partial charge in [0.25, 0.3) is 0 Å². The number of piperidine rings is 1. The number of pyridine rings is 1. The van der Waals surface area contributed by atoms with E-state index in [1.807, 2.05) is 24.0 Å². The molecule has 148 valence electrons. The van der Waals surface area contributed by atoms with Crippen molar-refractivity contribution < 1.29 is 9.59 Å². The van der Waals surface area contributed by atoms with E-state index < -0.39 is 0 Å².